The Hall–Kier alpha value is -1.96. The fourth-order valence-corrected chi connectivity index (χ4v) is 2.58. The van der Waals surface area contributed by atoms with E-state index in [1.54, 1.807) is 0 Å². The van der Waals surface area contributed by atoms with Gasteiger partial charge in [0.2, 0.25) is 0 Å². The van der Waals surface area contributed by atoms with Crippen LogP contribution in [0.15, 0.2) is 30.3 Å². The second kappa shape index (κ2) is 5.58. The molecule has 0 fully saturated rings. The van der Waals surface area contributed by atoms with Gasteiger partial charge < -0.3 is 10.4 Å². The molecule has 0 radical (unpaired) electrons. The van der Waals surface area contributed by atoms with Gasteiger partial charge in [0.25, 0.3) is 0 Å². The molecule has 1 atom stereocenters. The van der Waals surface area contributed by atoms with E-state index in [2.05, 4.69) is 44.3 Å². The van der Waals surface area contributed by atoms with Gasteiger partial charge in [-0.1, -0.05) is 23.8 Å². The molecule has 2 aromatic carbocycles. The summed E-state index contributed by atoms with van der Waals surface area (Å²) < 4.78 is 0. The van der Waals surface area contributed by atoms with Gasteiger partial charge in [0.05, 0.1) is 0 Å². The Kier molecular flexibility index (Phi) is 4.03. The van der Waals surface area contributed by atoms with Gasteiger partial charge in [-0.3, -0.25) is 0 Å². The molecule has 2 nitrogen and oxygen atoms in total. The number of nitrogens with one attached hydrogen (secondary N) is 1. The fraction of sp³-hybridized carbons (Fsp3) is 0.333. The summed E-state index contributed by atoms with van der Waals surface area (Å²) in [6.45, 7) is 10.4. The molecule has 0 aliphatic rings. The van der Waals surface area contributed by atoms with Gasteiger partial charge in [0.1, 0.15) is 5.75 Å². The minimum absolute atomic E-state index is 0.234. The van der Waals surface area contributed by atoms with Gasteiger partial charge in [0, 0.05) is 11.7 Å². The summed E-state index contributed by atoms with van der Waals surface area (Å²) in [4.78, 5) is 0. The number of hydrogen-bond acceptors (Lipinski definition) is 2. The van der Waals surface area contributed by atoms with Crippen molar-refractivity contribution in [1.82, 2.24) is 0 Å². The molecule has 0 aromatic heterocycles. The molecule has 1 unspecified atom stereocenters. The molecule has 0 amide bonds. The van der Waals surface area contributed by atoms with Crippen molar-refractivity contribution < 1.29 is 5.11 Å². The summed E-state index contributed by atoms with van der Waals surface area (Å²) in [7, 11) is 0. The summed E-state index contributed by atoms with van der Waals surface area (Å²) in [6, 6.07) is 10.6. The number of rotatable bonds is 3. The zero-order valence-electron chi connectivity index (χ0n) is 12.9. The second-order valence-electron chi connectivity index (χ2n) is 5.68. The Bertz CT molecular complexity index is 632. The van der Waals surface area contributed by atoms with Gasteiger partial charge in [-0.15, -0.1) is 0 Å². The van der Waals surface area contributed by atoms with Crippen LogP contribution in [0.2, 0.25) is 0 Å². The minimum Gasteiger partial charge on any atom is -0.508 e. The van der Waals surface area contributed by atoms with E-state index in [0.717, 1.165) is 16.8 Å². The highest BCUT2D eigenvalue weighted by Crippen LogP contribution is 2.29. The van der Waals surface area contributed by atoms with Gasteiger partial charge in [-0.05, 0) is 69.0 Å². The van der Waals surface area contributed by atoms with Crippen LogP contribution in [0.5, 0.6) is 5.75 Å². The van der Waals surface area contributed by atoms with E-state index in [-0.39, 0.29) is 6.04 Å². The molecular formula is C18H23NO. The van der Waals surface area contributed by atoms with Crippen LogP contribution in [0.1, 0.15) is 40.8 Å². The first-order chi connectivity index (χ1) is 9.38. The summed E-state index contributed by atoms with van der Waals surface area (Å²) >= 11 is 0. The van der Waals surface area contributed by atoms with Crippen molar-refractivity contribution in [3.05, 3.63) is 58.1 Å². The van der Waals surface area contributed by atoms with E-state index in [1.165, 1.54) is 16.7 Å². The van der Waals surface area contributed by atoms with Crippen LogP contribution in [0.4, 0.5) is 5.69 Å². The summed E-state index contributed by atoms with van der Waals surface area (Å²) in [5.41, 5.74) is 6.93. The summed E-state index contributed by atoms with van der Waals surface area (Å²) in [5, 5.41) is 13.3. The van der Waals surface area contributed by atoms with Crippen molar-refractivity contribution in [3.63, 3.8) is 0 Å². The molecule has 0 aliphatic heterocycles. The maximum absolute atomic E-state index is 9.72. The van der Waals surface area contributed by atoms with E-state index >= 15 is 0 Å². The van der Waals surface area contributed by atoms with E-state index < -0.39 is 0 Å². The van der Waals surface area contributed by atoms with E-state index in [4.69, 9.17) is 0 Å². The monoisotopic (exact) mass is 269 g/mol. The van der Waals surface area contributed by atoms with Crippen molar-refractivity contribution in [1.29, 1.82) is 0 Å². The normalized spacial score (nSPS) is 12.2. The fourth-order valence-electron chi connectivity index (χ4n) is 2.58. The van der Waals surface area contributed by atoms with Gasteiger partial charge in [0.15, 0.2) is 0 Å². The van der Waals surface area contributed by atoms with Crippen molar-refractivity contribution in [2.45, 2.75) is 40.7 Å². The molecule has 2 aromatic rings. The average molecular weight is 269 g/mol. The largest absolute Gasteiger partial charge is 0.508 e. The summed E-state index contributed by atoms with van der Waals surface area (Å²) in [6.07, 6.45) is 0. The molecule has 2 rings (SSSR count). The lowest BCUT2D eigenvalue weighted by molar-refractivity contribution is 0.470. The lowest BCUT2D eigenvalue weighted by atomic mass is 9.99. The first kappa shape index (κ1) is 14.4. The molecule has 0 spiro atoms. The predicted molar refractivity (Wildman–Crippen MR) is 85.5 cm³/mol. The van der Waals surface area contributed by atoms with Crippen LogP contribution < -0.4 is 5.32 Å². The lowest BCUT2D eigenvalue weighted by Gasteiger charge is -2.20. The lowest BCUT2D eigenvalue weighted by Crippen LogP contribution is -2.09. The number of aromatic hydroxyl groups is 1. The molecule has 0 bridgehead atoms. The molecule has 0 saturated heterocycles. The van der Waals surface area contributed by atoms with Crippen LogP contribution in [-0.2, 0) is 0 Å². The maximum Gasteiger partial charge on any atom is 0.118 e. The van der Waals surface area contributed by atoms with Crippen LogP contribution >= 0.6 is 0 Å². The van der Waals surface area contributed by atoms with E-state index in [9.17, 15) is 5.11 Å². The third-order valence-corrected chi connectivity index (χ3v) is 3.81. The highest BCUT2D eigenvalue weighted by molar-refractivity contribution is 5.58. The third kappa shape index (κ3) is 2.96. The Balaban J connectivity index is 2.27. The molecule has 106 valence electrons. The highest BCUT2D eigenvalue weighted by atomic mass is 16.3. The van der Waals surface area contributed by atoms with Gasteiger partial charge in [-0.2, -0.15) is 0 Å². The van der Waals surface area contributed by atoms with Crippen molar-refractivity contribution >= 4 is 5.69 Å². The highest BCUT2D eigenvalue weighted by Gasteiger charge is 2.11. The quantitative estimate of drug-likeness (QED) is 0.784. The Labute approximate surface area is 121 Å². The second-order valence-corrected chi connectivity index (χ2v) is 5.68. The maximum atomic E-state index is 9.72. The molecule has 0 saturated carbocycles. The SMILES string of the molecule is Cc1ccc(C(C)Nc2cc(C)c(O)cc2C)c(C)c1. The predicted octanol–water partition coefficient (Wildman–Crippen LogP) is 4.80. The van der Waals surface area contributed by atoms with Crippen molar-refractivity contribution in [2.75, 3.05) is 5.32 Å². The Morgan fingerprint density at radius 2 is 1.60 bits per heavy atom. The molecule has 0 heterocycles. The standard InChI is InChI=1S/C18H23NO/c1-11-6-7-16(12(2)8-11)15(5)19-17-9-14(4)18(20)10-13(17)3/h6-10,15,19-20H,1-5H3. The molecule has 20 heavy (non-hydrogen) atoms. The van der Waals surface area contributed by atoms with Crippen LogP contribution in [0.25, 0.3) is 0 Å². The van der Waals surface area contributed by atoms with Crippen LogP contribution in [0, 0.1) is 27.7 Å². The van der Waals surface area contributed by atoms with Crippen LogP contribution in [-0.4, -0.2) is 5.11 Å². The van der Waals surface area contributed by atoms with Crippen molar-refractivity contribution in [3.8, 4) is 5.75 Å². The topological polar surface area (TPSA) is 32.3 Å². The Morgan fingerprint density at radius 1 is 0.900 bits per heavy atom. The molecule has 2 heteroatoms. The third-order valence-electron chi connectivity index (χ3n) is 3.81. The Morgan fingerprint density at radius 3 is 2.25 bits per heavy atom. The zero-order valence-corrected chi connectivity index (χ0v) is 12.9. The zero-order chi connectivity index (χ0) is 14.9. The number of hydrogen-bond donors (Lipinski definition) is 2. The first-order valence-electron chi connectivity index (χ1n) is 7.02. The number of phenols is 1. The van der Waals surface area contributed by atoms with Gasteiger partial charge >= 0.3 is 0 Å². The van der Waals surface area contributed by atoms with E-state index in [0.29, 0.717) is 5.75 Å². The van der Waals surface area contributed by atoms with Crippen molar-refractivity contribution in [2.24, 2.45) is 0 Å². The summed E-state index contributed by atoms with van der Waals surface area (Å²) in [5.74, 6) is 0.354. The van der Waals surface area contributed by atoms with E-state index in [1.807, 2.05) is 26.0 Å². The number of benzene rings is 2. The number of anilines is 1. The van der Waals surface area contributed by atoms with Gasteiger partial charge in [-0.25, -0.2) is 0 Å². The minimum atomic E-state index is 0.234. The smallest absolute Gasteiger partial charge is 0.118 e. The molecule has 0 aliphatic carbocycles. The average Bonchev–Trinajstić information content (AvgIpc) is 2.35. The number of phenolic OH excluding ortho intramolecular Hbond substituents is 1. The first-order valence-corrected chi connectivity index (χ1v) is 7.02. The molecular weight excluding hydrogens is 246 g/mol. The number of aryl methyl sites for hydroxylation is 4. The molecule has 2 N–H and O–H groups in total. The van der Waals surface area contributed by atoms with Crippen LogP contribution in [0.3, 0.4) is 0 Å².